The van der Waals surface area contributed by atoms with Gasteiger partial charge in [0.1, 0.15) is 0 Å². The molecule has 0 bridgehead atoms. The maximum absolute atomic E-state index is 13.7. The van der Waals surface area contributed by atoms with Crippen LogP contribution in [0.4, 0.5) is 0 Å². The highest BCUT2D eigenvalue weighted by molar-refractivity contribution is 7.99. The molecule has 2 aliphatic carbocycles. The fourth-order valence-corrected chi connectivity index (χ4v) is 10.7. The number of fused-ring (bicyclic) bond motifs is 1. The van der Waals surface area contributed by atoms with Crippen molar-refractivity contribution in [1.29, 1.82) is 0 Å². The van der Waals surface area contributed by atoms with Gasteiger partial charge in [-0.15, -0.1) is 0 Å². The van der Waals surface area contributed by atoms with E-state index in [9.17, 15) is 13.5 Å². The van der Waals surface area contributed by atoms with E-state index >= 15 is 0 Å². The molecule has 8 atom stereocenters. The molecular weight excluding hydrogens is 416 g/mol. The van der Waals surface area contributed by atoms with E-state index < -0.39 is 21.4 Å². The number of ether oxygens (including phenoxy) is 1. The summed E-state index contributed by atoms with van der Waals surface area (Å²) in [5, 5.41) is 12.3. The first kappa shape index (κ1) is 24.9. The number of methoxy groups -OCH3 is 1. The molecule has 4 nitrogen and oxygen atoms in total. The minimum Gasteiger partial charge on any atom is -0.392 e. The SMILES string of the molecule is CCCC[C@]1(CC)CS(=O)(=O)C2CCC(SC)CC2[C@H](C2CCCC(OC)C2)C1O. The van der Waals surface area contributed by atoms with Crippen molar-refractivity contribution in [3.63, 3.8) is 0 Å². The van der Waals surface area contributed by atoms with E-state index in [-0.39, 0.29) is 28.9 Å². The number of unbranched alkanes of at least 4 members (excludes halogenated alkanes) is 1. The van der Waals surface area contributed by atoms with Gasteiger partial charge in [0.05, 0.1) is 23.2 Å². The Bertz CT molecular complexity index is 652. The number of aliphatic hydroxyl groups excluding tert-OH is 1. The van der Waals surface area contributed by atoms with Crippen molar-refractivity contribution in [2.75, 3.05) is 19.1 Å². The van der Waals surface area contributed by atoms with Gasteiger partial charge in [0.15, 0.2) is 9.84 Å². The Labute approximate surface area is 189 Å². The van der Waals surface area contributed by atoms with Crippen molar-refractivity contribution in [3.05, 3.63) is 0 Å². The molecule has 30 heavy (non-hydrogen) atoms. The highest BCUT2D eigenvalue weighted by Crippen LogP contribution is 2.53. The molecule has 6 unspecified atom stereocenters. The quantitative estimate of drug-likeness (QED) is 0.574. The molecule has 3 aliphatic rings. The molecule has 2 saturated carbocycles. The Kier molecular flexibility index (Phi) is 8.65. The highest BCUT2D eigenvalue weighted by atomic mass is 32.2. The fraction of sp³-hybridized carbons (Fsp3) is 1.00. The lowest BCUT2D eigenvalue weighted by atomic mass is 9.60. The molecule has 0 aromatic carbocycles. The maximum atomic E-state index is 13.7. The number of hydrogen-bond acceptors (Lipinski definition) is 5. The van der Waals surface area contributed by atoms with Crippen LogP contribution in [-0.4, -0.2) is 55.4 Å². The lowest BCUT2D eigenvalue weighted by Crippen LogP contribution is -2.49. The summed E-state index contributed by atoms with van der Waals surface area (Å²) < 4.78 is 33.2. The molecule has 0 spiro atoms. The topological polar surface area (TPSA) is 63.6 Å². The third-order valence-corrected chi connectivity index (χ3v) is 12.4. The average Bonchev–Trinajstić information content (AvgIpc) is 2.83. The maximum Gasteiger partial charge on any atom is 0.154 e. The van der Waals surface area contributed by atoms with Gasteiger partial charge in [-0.25, -0.2) is 8.42 Å². The van der Waals surface area contributed by atoms with Gasteiger partial charge in [0.25, 0.3) is 0 Å². The van der Waals surface area contributed by atoms with Gasteiger partial charge >= 0.3 is 0 Å². The van der Waals surface area contributed by atoms with Gasteiger partial charge in [-0.05, 0) is 75.4 Å². The highest BCUT2D eigenvalue weighted by Gasteiger charge is 2.56. The molecule has 0 aromatic heterocycles. The van der Waals surface area contributed by atoms with Crippen molar-refractivity contribution in [2.45, 2.75) is 107 Å². The van der Waals surface area contributed by atoms with E-state index in [2.05, 4.69) is 20.1 Å². The van der Waals surface area contributed by atoms with Gasteiger partial charge in [-0.2, -0.15) is 11.8 Å². The van der Waals surface area contributed by atoms with Gasteiger partial charge < -0.3 is 9.84 Å². The molecule has 3 rings (SSSR count). The second-order valence-electron chi connectivity index (χ2n) is 10.3. The number of sulfone groups is 1. The van der Waals surface area contributed by atoms with Crippen LogP contribution >= 0.6 is 11.8 Å². The second-order valence-corrected chi connectivity index (χ2v) is 13.7. The lowest BCUT2D eigenvalue weighted by Gasteiger charge is -2.47. The number of hydrogen-bond donors (Lipinski definition) is 1. The Morgan fingerprint density at radius 3 is 2.53 bits per heavy atom. The summed E-state index contributed by atoms with van der Waals surface area (Å²) in [5.74, 6) is 0.719. The van der Waals surface area contributed by atoms with Gasteiger partial charge in [0, 0.05) is 17.8 Å². The van der Waals surface area contributed by atoms with Crippen LogP contribution in [0.5, 0.6) is 0 Å². The third-order valence-electron chi connectivity index (χ3n) is 8.83. The van der Waals surface area contributed by atoms with Gasteiger partial charge in [0.2, 0.25) is 0 Å². The lowest BCUT2D eigenvalue weighted by molar-refractivity contribution is -0.0760. The molecule has 0 radical (unpaired) electrons. The van der Waals surface area contributed by atoms with Gasteiger partial charge in [-0.3, -0.25) is 0 Å². The zero-order valence-electron chi connectivity index (χ0n) is 19.5. The molecular formula is C24H44O4S2. The van der Waals surface area contributed by atoms with E-state index in [1.54, 1.807) is 7.11 Å². The summed E-state index contributed by atoms with van der Waals surface area (Å²) in [7, 11) is -1.43. The minimum absolute atomic E-state index is 0.0805. The largest absolute Gasteiger partial charge is 0.392 e. The summed E-state index contributed by atoms with van der Waals surface area (Å²) >= 11 is 1.88. The molecule has 1 saturated heterocycles. The average molecular weight is 461 g/mol. The van der Waals surface area contributed by atoms with Crippen LogP contribution in [0.15, 0.2) is 0 Å². The zero-order chi connectivity index (χ0) is 21.9. The van der Waals surface area contributed by atoms with Crippen LogP contribution in [-0.2, 0) is 14.6 Å². The van der Waals surface area contributed by atoms with Gasteiger partial charge in [-0.1, -0.05) is 33.1 Å². The second kappa shape index (κ2) is 10.4. The minimum atomic E-state index is -3.23. The Balaban J connectivity index is 2.05. The Morgan fingerprint density at radius 1 is 1.13 bits per heavy atom. The summed E-state index contributed by atoms with van der Waals surface area (Å²) in [4.78, 5) is 0. The number of rotatable bonds is 7. The Hall–Kier alpha value is 0.220. The zero-order valence-corrected chi connectivity index (χ0v) is 21.1. The van der Waals surface area contributed by atoms with Crippen LogP contribution in [0, 0.1) is 23.2 Å². The van der Waals surface area contributed by atoms with Crippen molar-refractivity contribution >= 4 is 21.6 Å². The monoisotopic (exact) mass is 460 g/mol. The fourth-order valence-electron chi connectivity index (χ4n) is 7.03. The molecule has 1 N–H and O–H groups in total. The molecule has 3 fully saturated rings. The van der Waals surface area contributed by atoms with Crippen LogP contribution in [0.1, 0.15) is 84.5 Å². The first-order chi connectivity index (χ1) is 14.3. The first-order valence-corrected chi connectivity index (χ1v) is 15.3. The predicted octanol–water partition coefficient (Wildman–Crippen LogP) is 5.08. The van der Waals surface area contributed by atoms with Crippen molar-refractivity contribution < 1.29 is 18.3 Å². The molecule has 176 valence electrons. The predicted molar refractivity (Wildman–Crippen MR) is 127 cm³/mol. The summed E-state index contributed by atoms with van der Waals surface area (Å²) in [6.07, 6.45) is 12.5. The molecule has 6 heteroatoms. The number of aliphatic hydroxyl groups is 1. The number of thioether (sulfide) groups is 1. The normalized spacial score (nSPS) is 44.2. The molecule has 1 heterocycles. The van der Waals surface area contributed by atoms with Crippen LogP contribution in [0.25, 0.3) is 0 Å². The van der Waals surface area contributed by atoms with E-state index in [0.717, 1.165) is 70.6 Å². The summed E-state index contributed by atoms with van der Waals surface area (Å²) in [6.45, 7) is 4.26. The Morgan fingerprint density at radius 2 is 1.90 bits per heavy atom. The third kappa shape index (κ3) is 4.92. The molecule has 0 aromatic rings. The van der Waals surface area contributed by atoms with E-state index in [1.165, 1.54) is 0 Å². The van der Waals surface area contributed by atoms with Crippen molar-refractivity contribution in [3.8, 4) is 0 Å². The van der Waals surface area contributed by atoms with E-state index in [0.29, 0.717) is 11.2 Å². The first-order valence-electron chi connectivity index (χ1n) is 12.3. The summed E-state index contributed by atoms with van der Waals surface area (Å²) in [5.41, 5.74) is -0.494. The van der Waals surface area contributed by atoms with Crippen LogP contribution < -0.4 is 0 Å². The smallest absolute Gasteiger partial charge is 0.154 e. The van der Waals surface area contributed by atoms with Crippen molar-refractivity contribution in [1.82, 2.24) is 0 Å². The van der Waals surface area contributed by atoms with Crippen molar-refractivity contribution in [2.24, 2.45) is 23.2 Å². The molecule has 0 amide bonds. The summed E-state index contributed by atoms with van der Waals surface area (Å²) in [6, 6.07) is 0. The van der Waals surface area contributed by atoms with Crippen LogP contribution in [0.3, 0.4) is 0 Å². The van der Waals surface area contributed by atoms with E-state index in [4.69, 9.17) is 4.74 Å². The standard InChI is InChI=1S/C24H44O4S2/c1-5-7-13-24(6-2)16-30(26,27)21-12-11-19(29-4)15-20(21)22(23(24)25)17-9-8-10-18(14-17)28-3/h17-23,25H,5-16H2,1-4H3/t17?,18?,19?,20?,21?,22-,23?,24+/m0/s1. The van der Waals surface area contributed by atoms with Crippen LogP contribution in [0.2, 0.25) is 0 Å². The molecule has 1 aliphatic heterocycles. The van der Waals surface area contributed by atoms with E-state index in [1.807, 2.05) is 11.8 Å².